The summed E-state index contributed by atoms with van der Waals surface area (Å²) < 4.78 is 0. The highest BCUT2D eigenvalue weighted by atomic mass is 16.2. The van der Waals surface area contributed by atoms with E-state index < -0.39 is 0 Å². The van der Waals surface area contributed by atoms with Crippen molar-refractivity contribution in [3.05, 3.63) is 0 Å². The van der Waals surface area contributed by atoms with Gasteiger partial charge in [-0.15, -0.1) is 0 Å². The molecule has 2 aliphatic heterocycles. The molecule has 3 heteroatoms. The molecule has 0 aromatic heterocycles. The monoisotopic (exact) mass is 238 g/mol. The van der Waals surface area contributed by atoms with Crippen LogP contribution >= 0.6 is 0 Å². The fraction of sp³-hybridized carbons (Fsp3) is 0.929. The zero-order chi connectivity index (χ0) is 12.3. The van der Waals surface area contributed by atoms with Gasteiger partial charge in [-0.2, -0.15) is 0 Å². The van der Waals surface area contributed by atoms with Gasteiger partial charge in [-0.05, 0) is 51.6 Å². The minimum Gasteiger partial charge on any atom is -0.340 e. The quantitative estimate of drug-likeness (QED) is 0.752. The molecule has 1 amide bonds. The van der Waals surface area contributed by atoms with Crippen molar-refractivity contribution in [2.24, 2.45) is 5.92 Å². The number of amides is 1. The van der Waals surface area contributed by atoms with E-state index in [1.54, 1.807) is 0 Å². The van der Waals surface area contributed by atoms with Crippen LogP contribution in [-0.2, 0) is 4.79 Å². The van der Waals surface area contributed by atoms with Gasteiger partial charge in [-0.25, -0.2) is 0 Å². The first-order valence-electron chi connectivity index (χ1n) is 7.18. The van der Waals surface area contributed by atoms with E-state index in [4.69, 9.17) is 0 Å². The fourth-order valence-corrected chi connectivity index (χ4v) is 3.31. The van der Waals surface area contributed by atoms with Crippen molar-refractivity contribution in [2.75, 3.05) is 26.7 Å². The molecule has 2 aliphatic rings. The topological polar surface area (TPSA) is 23.6 Å². The van der Waals surface area contributed by atoms with E-state index in [0.29, 0.717) is 17.9 Å². The van der Waals surface area contributed by atoms with Crippen molar-refractivity contribution in [1.29, 1.82) is 0 Å². The van der Waals surface area contributed by atoms with Gasteiger partial charge in [0.1, 0.15) is 0 Å². The average molecular weight is 238 g/mol. The average Bonchev–Trinajstić information content (AvgIpc) is 2.74. The van der Waals surface area contributed by atoms with Gasteiger partial charge in [0.05, 0.1) is 0 Å². The number of piperidine rings is 1. The van der Waals surface area contributed by atoms with Crippen molar-refractivity contribution >= 4 is 5.91 Å². The minimum absolute atomic E-state index is 0.414. The number of carbonyl (C=O) groups excluding carboxylic acids is 1. The summed E-state index contributed by atoms with van der Waals surface area (Å²) in [7, 11) is 2.15. The van der Waals surface area contributed by atoms with E-state index in [9.17, 15) is 4.79 Å². The van der Waals surface area contributed by atoms with Crippen molar-refractivity contribution in [2.45, 2.75) is 51.5 Å². The number of carbonyl (C=O) groups is 1. The molecule has 2 rings (SSSR count). The second kappa shape index (κ2) is 5.85. The molecular weight excluding hydrogens is 212 g/mol. The van der Waals surface area contributed by atoms with Crippen LogP contribution in [0.4, 0.5) is 0 Å². The van der Waals surface area contributed by atoms with E-state index in [1.165, 1.54) is 25.7 Å². The Bertz CT molecular complexity index is 267. The Morgan fingerprint density at radius 2 is 2.06 bits per heavy atom. The number of nitrogens with zero attached hydrogens (tertiary/aromatic N) is 2. The molecule has 98 valence electrons. The molecule has 0 N–H and O–H groups in total. The highest BCUT2D eigenvalue weighted by molar-refractivity contribution is 5.77. The van der Waals surface area contributed by atoms with E-state index >= 15 is 0 Å². The minimum atomic E-state index is 0.414. The first-order chi connectivity index (χ1) is 8.20. The maximum atomic E-state index is 12.3. The smallest absolute Gasteiger partial charge is 0.223 e. The lowest BCUT2D eigenvalue weighted by Gasteiger charge is -2.36. The third kappa shape index (κ3) is 3.21. The lowest BCUT2D eigenvalue weighted by molar-refractivity contribution is -0.135. The fourth-order valence-electron chi connectivity index (χ4n) is 3.31. The molecular formula is C14H26N2O. The summed E-state index contributed by atoms with van der Waals surface area (Å²) in [6, 6.07) is 0.524. The summed E-state index contributed by atoms with van der Waals surface area (Å²) in [4.78, 5) is 16.8. The third-order valence-electron chi connectivity index (χ3n) is 4.37. The van der Waals surface area contributed by atoms with Crippen LogP contribution in [0.1, 0.15) is 45.4 Å². The van der Waals surface area contributed by atoms with Crippen LogP contribution in [0.3, 0.4) is 0 Å². The Morgan fingerprint density at radius 3 is 2.71 bits per heavy atom. The maximum absolute atomic E-state index is 12.3. The molecule has 0 aromatic rings. The summed E-state index contributed by atoms with van der Waals surface area (Å²) in [6.45, 7) is 5.48. The van der Waals surface area contributed by atoms with Crippen LogP contribution < -0.4 is 0 Å². The van der Waals surface area contributed by atoms with Crippen LogP contribution in [-0.4, -0.2) is 48.4 Å². The van der Waals surface area contributed by atoms with Gasteiger partial charge in [-0.3, -0.25) is 4.79 Å². The number of hydrogen-bond donors (Lipinski definition) is 0. The highest BCUT2D eigenvalue weighted by Crippen LogP contribution is 2.24. The largest absolute Gasteiger partial charge is 0.340 e. The molecule has 0 spiro atoms. The van der Waals surface area contributed by atoms with Crippen molar-refractivity contribution < 1.29 is 4.79 Å². The molecule has 0 aromatic carbocycles. The Morgan fingerprint density at radius 1 is 1.24 bits per heavy atom. The van der Waals surface area contributed by atoms with E-state index in [-0.39, 0.29) is 0 Å². The van der Waals surface area contributed by atoms with Gasteiger partial charge >= 0.3 is 0 Å². The highest BCUT2D eigenvalue weighted by Gasteiger charge is 2.29. The van der Waals surface area contributed by atoms with Gasteiger partial charge in [0.25, 0.3) is 0 Å². The first-order valence-corrected chi connectivity index (χ1v) is 7.18. The Hall–Kier alpha value is -0.570. The van der Waals surface area contributed by atoms with Crippen LogP contribution in [0.5, 0.6) is 0 Å². The molecule has 2 atom stereocenters. The lowest BCUT2D eigenvalue weighted by Crippen LogP contribution is -2.44. The second-order valence-corrected chi connectivity index (χ2v) is 5.77. The summed E-state index contributed by atoms with van der Waals surface area (Å²) in [5, 5.41) is 0. The Kier molecular flexibility index (Phi) is 4.43. The molecule has 0 bridgehead atoms. The predicted molar refractivity (Wildman–Crippen MR) is 69.9 cm³/mol. The van der Waals surface area contributed by atoms with Gasteiger partial charge < -0.3 is 9.80 Å². The van der Waals surface area contributed by atoms with E-state index in [2.05, 4.69) is 23.8 Å². The zero-order valence-corrected chi connectivity index (χ0v) is 11.3. The molecule has 2 saturated heterocycles. The molecule has 2 unspecified atom stereocenters. The third-order valence-corrected chi connectivity index (χ3v) is 4.37. The van der Waals surface area contributed by atoms with Gasteiger partial charge in [0, 0.05) is 25.6 Å². The molecule has 2 fully saturated rings. The van der Waals surface area contributed by atoms with Gasteiger partial charge in [0.15, 0.2) is 0 Å². The van der Waals surface area contributed by atoms with E-state index in [1.807, 2.05) is 0 Å². The molecule has 0 saturated carbocycles. The normalized spacial score (nSPS) is 30.8. The van der Waals surface area contributed by atoms with Crippen LogP contribution in [0, 0.1) is 5.92 Å². The molecule has 0 radical (unpaired) electrons. The second-order valence-electron chi connectivity index (χ2n) is 5.77. The van der Waals surface area contributed by atoms with Crippen molar-refractivity contribution in [3.63, 3.8) is 0 Å². The maximum Gasteiger partial charge on any atom is 0.223 e. The van der Waals surface area contributed by atoms with Gasteiger partial charge in [-0.1, -0.05) is 6.92 Å². The molecule has 2 heterocycles. The van der Waals surface area contributed by atoms with Crippen molar-refractivity contribution in [1.82, 2.24) is 9.80 Å². The lowest BCUT2D eigenvalue weighted by atomic mass is 9.97. The summed E-state index contributed by atoms with van der Waals surface area (Å²) in [5.74, 6) is 1.02. The summed E-state index contributed by atoms with van der Waals surface area (Å²) >= 11 is 0. The predicted octanol–water partition coefficient (Wildman–Crippen LogP) is 2.12. The van der Waals surface area contributed by atoms with Crippen LogP contribution in [0.15, 0.2) is 0 Å². The number of likely N-dealkylation sites (tertiary alicyclic amines) is 2. The van der Waals surface area contributed by atoms with E-state index in [0.717, 1.165) is 32.5 Å². The molecule has 0 aliphatic carbocycles. The van der Waals surface area contributed by atoms with Crippen LogP contribution in [0.25, 0.3) is 0 Å². The molecule has 17 heavy (non-hydrogen) atoms. The number of hydrogen-bond acceptors (Lipinski definition) is 2. The SMILES string of the molecule is CCC1CCCCN1C(=O)CC1CCN(C)C1. The Labute approximate surface area is 105 Å². The zero-order valence-electron chi connectivity index (χ0n) is 11.3. The van der Waals surface area contributed by atoms with Gasteiger partial charge in [0.2, 0.25) is 5.91 Å². The first kappa shape index (κ1) is 12.9. The standard InChI is InChI=1S/C14H26N2O/c1-3-13-6-4-5-8-16(13)14(17)10-12-7-9-15(2)11-12/h12-13H,3-11H2,1-2H3. The molecule has 3 nitrogen and oxygen atoms in total. The number of rotatable bonds is 3. The summed E-state index contributed by atoms with van der Waals surface area (Å²) in [6.07, 6.45) is 6.82. The van der Waals surface area contributed by atoms with Crippen LogP contribution in [0.2, 0.25) is 0 Å². The Balaban J connectivity index is 1.85. The summed E-state index contributed by atoms with van der Waals surface area (Å²) in [5.41, 5.74) is 0. The van der Waals surface area contributed by atoms with Crippen molar-refractivity contribution in [3.8, 4) is 0 Å².